The second-order valence-electron chi connectivity index (χ2n) is 6.41. The van der Waals surface area contributed by atoms with Gasteiger partial charge in [0.1, 0.15) is 0 Å². The second-order valence-corrected chi connectivity index (χ2v) is 6.41. The Hall–Kier alpha value is -2.34. The summed E-state index contributed by atoms with van der Waals surface area (Å²) in [4.78, 5) is 0. The highest BCUT2D eigenvalue weighted by molar-refractivity contribution is 5.72. The zero-order valence-corrected chi connectivity index (χ0v) is 14.7. The fourth-order valence-corrected chi connectivity index (χ4v) is 3.02. The van der Waals surface area contributed by atoms with Crippen LogP contribution in [0.15, 0.2) is 56.1 Å². The molecule has 0 aliphatic heterocycles. The zero-order chi connectivity index (χ0) is 17.1. The summed E-state index contributed by atoms with van der Waals surface area (Å²) in [7, 11) is 0. The molecule has 0 amide bonds. The highest BCUT2D eigenvalue weighted by Gasteiger charge is 2.12. The summed E-state index contributed by atoms with van der Waals surface area (Å²) < 4.78 is 0. The van der Waals surface area contributed by atoms with E-state index in [4.69, 9.17) is 0 Å². The number of benzene rings is 2. The maximum Gasteiger partial charge on any atom is 0.00613 e. The summed E-state index contributed by atoms with van der Waals surface area (Å²) in [5.41, 5.74) is 9.66. The molecule has 0 radical (unpaired) electrons. The fourth-order valence-electron chi connectivity index (χ4n) is 3.02. The maximum atomic E-state index is 4.09. The van der Waals surface area contributed by atoms with Crippen molar-refractivity contribution in [3.05, 3.63) is 89.5 Å². The molecule has 0 saturated heterocycles. The summed E-state index contributed by atoms with van der Waals surface area (Å²) in [6, 6.07) is 13.2. The average Bonchev–Trinajstić information content (AvgIpc) is 2.52. The standard InChI is InChI=1S/C23H26/c1-8-19-9-10-21(14-23(19)16(4)5)18(7)20-11-12-22(15(2)3)17(6)13-20/h8-14,18H,1-2,4H2,3,5-7H3. The molecule has 0 spiro atoms. The lowest BCUT2D eigenvalue weighted by Crippen LogP contribution is -1.99. The molecule has 0 aliphatic rings. The van der Waals surface area contributed by atoms with Crippen LogP contribution < -0.4 is 0 Å². The molecule has 118 valence electrons. The van der Waals surface area contributed by atoms with Gasteiger partial charge in [0.05, 0.1) is 0 Å². The van der Waals surface area contributed by atoms with Gasteiger partial charge in [0.25, 0.3) is 0 Å². The van der Waals surface area contributed by atoms with Gasteiger partial charge in [-0.3, -0.25) is 0 Å². The van der Waals surface area contributed by atoms with Crippen molar-refractivity contribution in [2.75, 3.05) is 0 Å². The Labute approximate surface area is 140 Å². The third kappa shape index (κ3) is 3.53. The van der Waals surface area contributed by atoms with Gasteiger partial charge < -0.3 is 0 Å². The van der Waals surface area contributed by atoms with E-state index in [2.05, 4.69) is 76.9 Å². The zero-order valence-electron chi connectivity index (χ0n) is 14.7. The van der Waals surface area contributed by atoms with Crippen molar-refractivity contribution in [1.29, 1.82) is 0 Å². The highest BCUT2D eigenvalue weighted by atomic mass is 14.2. The van der Waals surface area contributed by atoms with Crippen LogP contribution in [0.4, 0.5) is 0 Å². The van der Waals surface area contributed by atoms with Gasteiger partial charge in [0, 0.05) is 5.92 Å². The summed E-state index contributed by atoms with van der Waals surface area (Å²) in [5, 5.41) is 0. The van der Waals surface area contributed by atoms with Crippen LogP contribution in [0.25, 0.3) is 17.2 Å². The van der Waals surface area contributed by atoms with Crippen LogP contribution in [0.5, 0.6) is 0 Å². The van der Waals surface area contributed by atoms with Crippen molar-refractivity contribution < 1.29 is 0 Å². The highest BCUT2D eigenvalue weighted by Crippen LogP contribution is 2.30. The van der Waals surface area contributed by atoms with Crippen LogP contribution >= 0.6 is 0 Å². The second kappa shape index (κ2) is 6.83. The fraction of sp³-hybridized carbons (Fsp3) is 0.217. The van der Waals surface area contributed by atoms with Gasteiger partial charge in [-0.1, -0.05) is 80.3 Å². The van der Waals surface area contributed by atoms with E-state index in [1.165, 1.54) is 27.8 Å². The van der Waals surface area contributed by atoms with E-state index < -0.39 is 0 Å². The van der Waals surface area contributed by atoms with Crippen LogP contribution in [-0.2, 0) is 0 Å². The molecule has 1 atom stereocenters. The number of allylic oxidation sites excluding steroid dienone is 2. The Bertz CT molecular complexity index is 775. The Kier molecular flexibility index (Phi) is 5.05. The molecule has 0 fully saturated rings. The topological polar surface area (TPSA) is 0 Å². The molecule has 1 unspecified atom stereocenters. The van der Waals surface area contributed by atoms with E-state index in [-0.39, 0.29) is 0 Å². The third-order valence-electron chi connectivity index (χ3n) is 4.47. The first-order valence-corrected chi connectivity index (χ1v) is 8.03. The SMILES string of the molecule is C=Cc1ccc(C(C)c2ccc(C(=C)C)c(C)c2)cc1C(=C)C. The average molecular weight is 302 g/mol. The quantitative estimate of drug-likeness (QED) is 0.566. The van der Waals surface area contributed by atoms with Gasteiger partial charge >= 0.3 is 0 Å². The minimum absolute atomic E-state index is 0.338. The van der Waals surface area contributed by atoms with Crippen molar-refractivity contribution in [3.63, 3.8) is 0 Å². The third-order valence-corrected chi connectivity index (χ3v) is 4.47. The molecular weight excluding hydrogens is 276 g/mol. The summed E-state index contributed by atoms with van der Waals surface area (Å²) in [6.45, 7) is 20.5. The Balaban J connectivity index is 2.44. The monoisotopic (exact) mass is 302 g/mol. The molecule has 0 N–H and O–H groups in total. The van der Waals surface area contributed by atoms with Crippen molar-refractivity contribution in [2.24, 2.45) is 0 Å². The first kappa shape index (κ1) is 17.0. The minimum atomic E-state index is 0.338. The van der Waals surface area contributed by atoms with Crippen LogP contribution in [0.1, 0.15) is 60.1 Å². The van der Waals surface area contributed by atoms with E-state index in [9.17, 15) is 0 Å². The van der Waals surface area contributed by atoms with Gasteiger partial charge in [-0.15, -0.1) is 0 Å². The lowest BCUT2D eigenvalue weighted by molar-refractivity contribution is 0.918. The molecule has 23 heavy (non-hydrogen) atoms. The van der Waals surface area contributed by atoms with E-state index in [1.54, 1.807) is 0 Å². The molecule has 0 heterocycles. The number of hydrogen-bond donors (Lipinski definition) is 0. The summed E-state index contributed by atoms with van der Waals surface area (Å²) in [6.07, 6.45) is 1.89. The molecule has 0 aliphatic carbocycles. The predicted octanol–water partition coefficient (Wildman–Crippen LogP) is 6.86. The molecule has 0 nitrogen and oxygen atoms in total. The van der Waals surface area contributed by atoms with Crippen LogP contribution in [0.3, 0.4) is 0 Å². The Morgan fingerprint density at radius 1 is 0.913 bits per heavy atom. The van der Waals surface area contributed by atoms with Crippen LogP contribution in [-0.4, -0.2) is 0 Å². The largest absolute Gasteiger partial charge is 0.0984 e. The van der Waals surface area contributed by atoms with Gasteiger partial charge in [-0.05, 0) is 54.2 Å². The first-order chi connectivity index (χ1) is 10.8. The van der Waals surface area contributed by atoms with Gasteiger partial charge in [0.2, 0.25) is 0 Å². The predicted molar refractivity (Wildman–Crippen MR) is 105 cm³/mol. The van der Waals surface area contributed by atoms with Gasteiger partial charge in [0.15, 0.2) is 0 Å². The number of hydrogen-bond acceptors (Lipinski definition) is 0. The normalized spacial score (nSPS) is 11.8. The van der Waals surface area contributed by atoms with Gasteiger partial charge in [-0.2, -0.15) is 0 Å². The molecular formula is C23H26. The summed E-state index contributed by atoms with van der Waals surface area (Å²) in [5.74, 6) is 0.338. The molecule has 2 aromatic carbocycles. The summed E-state index contributed by atoms with van der Waals surface area (Å²) >= 11 is 0. The van der Waals surface area contributed by atoms with Crippen LogP contribution in [0.2, 0.25) is 0 Å². The molecule has 2 aromatic rings. The maximum absolute atomic E-state index is 4.09. The van der Waals surface area contributed by atoms with Crippen molar-refractivity contribution in [1.82, 2.24) is 0 Å². The van der Waals surface area contributed by atoms with Crippen LogP contribution in [0, 0.1) is 6.92 Å². The van der Waals surface area contributed by atoms with Crippen molar-refractivity contribution >= 4 is 17.2 Å². The lowest BCUT2D eigenvalue weighted by Gasteiger charge is -2.17. The van der Waals surface area contributed by atoms with Gasteiger partial charge in [-0.25, -0.2) is 0 Å². The molecule has 0 bridgehead atoms. The minimum Gasteiger partial charge on any atom is -0.0984 e. The molecule has 2 rings (SSSR count). The number of aryl methyl sites for hydroxylation is 1. The molecule has 0 saturated carbocycles. The first-order valence-electron chi connectivity index (χ1n) is 8.03. The Morgan fingerprint density at radius 3 is 2.00 bits per heavy atom. The van der Waals surface area contributed by atoms with E-state index in [1.807, 2.05) is 13.0 Å². The van der Waals surface area contributed by atoms with Crippen molar-refractivity contribution in [2.45, 2.75) is 33.6 Å². The van der Waals surface area contributed by atoms with E-state index >= 15 is 0 Å². The smallest absolute Gasteiger partial charge is 0.00613 e. The van der Waals surface area contributed by atoms with Crippen molar-refractivity contribution in [3.8, 4) is 0 Å². The molecule has 0 heteroatoms. The number of rotatable bonds is 5. The molecule has 0 aromatic heterocycles. The van der Waals surface area contributed by atoms with E-state index in [0.29, 0.717) is 5.92 Å². The Morgan fingerprint density at radius 2 is 1.48 bits per heavy atom. The van der Waals surface area contributed by atoms with E-state index in [0.717, 1.165) is 16.7 Å². The lowest BCUT2D eigenvalue weighted by atomic mass is 9.87.